The zero-order valence-corrected chi connectivity index (χ0v) is 15.3. The summed E-state index contributed by atoms with van der Waals surface area (Å²) in [5.74, 6) is -1.21. The van der Waals surface area contributed by atoms with Gasteiger partial charge in [-0.25, -0.2) is 0 Å². The summed E-state index contributed by atoms with van der Waals surface area (Å²) in [5, 5.41) is 12.0. The van der Waals surface area contributed by atoms with Crippen molar-refractivity contribution < 1.29 is 27.8 Å². The van der Waals surface area contributed by atoms with Crippen LogP contribution in [0.25, 0.3) is 0 Å². The van der Waals surface area contributed by atoms with Crippen LogP contribution in [0.3, 0.4) is 0 Å². The number of nitrogens with zero attached hydrogens (tertiary/aromatic N) is 1. The molecule has 1 fully saturated rings. The first kappa shape index (κ1) is 20.3. The Bertz CT molecular complexity index is 744. The fourth-order valence-electron chi connectivity index (χ4n) is 3.36. The van der Waals surface area contributed by atoms with Gasteiger partial charge in [-0.15, -0.1) is 0 Å². The molecule has 152 valence electrons. The number of benzene rings is 1. The van der Waals surface area contributed by atoms with Gasteiger partial charge in [0.2, 0.25) is 0 Å². The molecule has 1 heterocycles. The molecule has 1 aromatic carbocycles. The first-order valence-electron chi connectivity index (χ1n) is 9.17. The Hall–Kier alpha value is -2.48. The SMILES string of the molecule is O=C(COc1ccc(CO)cc1)N1CC[C@@H](NC2=CC=CCC2C(F)(F)F)C1. The van der Waals surface area contributed by atoms with Gasteiger partial charge in [0.25, 0.3) is 5.91 Å². The van der Waals surface area contributed by atoms with Crippen molar-refractivity contribution in [3.63, 3.8) is 0 Å². The van der Waals surface area contributed by atoms with Crippen molar-refractivity contribution in [3.8, 4) is 5.75 Å². The lowest BCUT2D eigenvalue weighted by molar-refractivity contribution is -0.164. The Morgan fingerprint density at radius 3 is 2.71 bits per heavy atom. The highest BCUT2D eigenvalue weighted by Crippen LogP contribution is 2.36. The summed E-state index contributed by atoms with van der Waals surface area (Å²) in [5.41, 5.74) is 0.908. The molecule has 1 aliphatic carbocycles. The van der Waals surface area contributed by atoms with E-state index in [1.807, 2.05) is 0 Å². The zero-order valence-electron chi connectivity index (χ0n) is 15.3. The smallest absolute Gasteiger partial charge is 0.397 e. The number of carbonyl (C=O) groups excluding carboxylic acids is 1. The molecule has 1 aliphatic heterocycles. The maximum Gasteiger partial charge on any atom is 0.397 e. The fourth-order valence-corrected chi connectivity index (χ4v) is 3.36. The van der Waals surface area contributed by atoms with Crippen LogP contribution in [-0.2, 0) is 11.4 Å². The normalized spacial score (nSPS) is 22.1. The Kier molecular flexibility index (Phi) is 6.28. The second-order valence-corrected chi connectivity index (χ2v) is 6.94. The van der Waals surface area contributed by atoms with E-state index in [1.54, 1.807) is 35.2 Å². The minimum atomic E-state index is -4.29. The number of amides is 1. The largest absolute Gasteiger partial charge is 0.484 e. The average Bonchev–Trinajstić information content (AvgIpc) is 3.14. The lowest BCUT2D eigenvalue weighted by atomic mass is 9.95. The molecule has 2 aliphatic rings. The molecule has 1 saturated heterocycles. The van der Waals surface area contributed by atoms with Crippen molar-refractivity contribution in [3.05, 3.63) is 53.8 Å². The molecule has 1 amide bonds. The highest BCUT2D eigenvalue weighted by Gasteiger charge is 2.42. The Balaban J connectivity index is 1.49. The molecule has 8 heteroatoms. The minimum Gasteiger partial charge on any atom is -0.484 e. The van der Waals surface area contributed by atoms with E-state index < -0.39 is 12.1 Å². The van der Waals surface area contributed by atoms with E-state index in [1.165, 1.54) is 12.2 Å². The van der Waals surface area contributed by atoms with Crippen LogP contribution in [0.4, 0.5) is 13.2 Å². The Morgan fingerprint density at radius 2 is 2.04 bits per heavy atom. The molecule has 3 rings (SSSR count). The number of aliphatic hydroxyl groups is 1. The molecule has 0 aromatic heterocycles. The van der Waals surface area contributed by atoms with Crippen molar-refractivity contribution in [2.24, 2.45) is 5.92 Å². The van der Waals surface area contributed by atoms with Gasteiger partial charge < -0.3 is 20.1 Å². The van der Waals surface area contributed by atoms with Crippen LogP contribution in [-0.4, -0.2) is 47.8 Å². The molecular formula is C20H23F3N2O3. The number of allylic oxidation sites excluding steroid dienone is 4. The first-order valence-corrected chi connectivity index (χ1v) is 9.17. The average molecular weight is 396 g/mol. The minimum absolute atomic E-state index is 0.0667. The topological polar surface area (TPSA) is 61.8 Å². The standard InChI is InChI=1S/C20H23F3N2O3/c21-20(22,23)17-3-1-2-4-18(17)24-15-9-10-25(11-15)19(27)13-28-16-7-5-14(12-26)6-8-16/h1-2,4-8,15,17,24,26H,3,9-13H2/t15-,17?/m1/s1. The lowest BCUT2D eigenvalue weighted by Crippen LogP contribution is -2.40. The van der Waals surface area contributed by atoms with Gasteiger partial charge in [-0.1, -0.05) is 24.3 Å². The zero-order chi connectivity index (χ0) is 20.1. The fraction of sp³-hybridized carbons (Fsp3) is 0.450. The van der Waals surface area contributed by atoms with E-state index in [-0.39, 0.29) is 37.3 Å². The lowest BCUT2D eigenvalue weighted by Gasteiger charge is -2.27. The van der Waals surface area contributed by atoms with Crippen molar-refractivity contribution in [1.82, 2.24) is 10.2 Å². The molecule has 0 bridgehead atoms. The van der Waals surface area contributed by atoms with E-state index in [0.717, 1.165) is 5.56 Å². The van der Waals surface area contributed by atoms with Crippen LogP contribution in [0.5, 0.6) is 5.75 Å². The number of nitrogens with one attached hydrogen (secondary N) is 1. The number of aliphatic hydroxyl groups excluding tert-OH is 1. The molecule has 1 aromatic rings. The number of alkyl halides is 3. The molecule has 1 unspecified atom stereocenters. The third-order valence-corrected chi connectivity index (χ3v) is 4.93. The van der Waals surface area contributed by atoms with Gasteiger partial charge in [-0.05, 0) is 36.6 Å². The predicted molar refractivity (Wildman–Crippen MR) is 97.4 cm³/mol. The second-order valence-electron chi connectivity index (χ2n) is 6.94. The first-order chi connectivity index (χ1) is 13.4. The number of ether oxygens (including phenoxy) is 1. The molecule has 2 N–H and O–H groups in total. The molecular weight excluding hydrogens is 373 g/mol. The van der Waals surface area contributed by atoms with Crippen LogP contribution >= 0.6 is 0 Å². The number of carbonyl (C=O) groups is 1. The van der Waals surface area contributed by atoms with Crippen LogP contribution in [0.2, 0.25) is 0 Å². The number of halogens is 3. The van der Waals surface area contributed by atoms with E-state index in [2.05, 4.69) is 5.32 Å². The quantitative estimate of drug-likeness (QED) is 0.776. The van der Waals surface area contributed by atoms with Gasteiger partial charge in [0.15, 0.2) is 6.61 Å². The van der Waals surface area contributed by atoms with Crippen molar-refractivity contribution in [2.45, 2.75) is 31.7 Å². The summed E-state index contributed by atoms with van der Waals surface area (Å²) in [6.07, 6.45) is 0.822. The highest BCUT2D eigenvalue weighted by molar-refractivity contribution is 5.78. The Morgan fingerprint density at radius 1 is 1.29 bits per heavy atom. The molecule has 0 spiro atoms. The number of rotatable bonds is 6. The van der Waals surface area contributed by atoms with E-state index >= 15 is 0 Å². The Labute approximate surface area is 161 Å². The summed E-state index contributed by atoms with van der Waals surface area (Å²) in [7, 11) is 0. The van der Waals surface area contributed by atoms with Gasteiger partial charge in [0.05, 0.1) is 12.5 Å². The van der Waals surface area contributed by atoms with E-state index in [4.69, 9.17) is 9.84 Å². The van der Waals surface area contributed by atoms with Crippen molar-refractivity contribution in [2.75, 3.05) is 19.7 Å². The summed E-state index contributed by atoms with van der Waals surface area (Å²) in [6.45, 7) is 0.616. The number of hydrogen-bond acceptors (Lipinski definition) is 4. The molecule has 0 saturated carbocycles. The van der Waals surface area contributed by atoms with E-state index in [9.17, 15) is 18.0 Å². The molecule has 0 radical (unpaired) electrons. The van der Waals surface area contributed by atoms with Gasteiger partial charge in [0, 0.05) is 24.8 Å². The van der Waals surface area contributed by atoms with Crippen molar-refractivity contribution >= 4 is 5.91 Å². The summed E-state index contributed by atoms with van der Waals surface area (Å²) in [4.78, 5) is 13.9. The van der Waals surface area contributed by atoms with Crippen LogP contribution in [0.1, 0.15) is 18.4 Å². The number of hydrogen-bond donors (Lipinski definition) is 2. The summed E-state index contributed by atoms with van der Waals surface area (Å²) in [6, 6.07) is 6.55. The van der Waals surface area contributed by atoms with Crippen LogP contribution < -0.4 is 10.1 Å². The third kappa shape index (κ3) is 5.07. The van der Waals surface area contributed by atoms with Crippen LogP contribution in [0, 0.1) is 5.92 Å². The number of likely N-dealkylation sites (tertiary alicyclic amines) is 1. The summed E-state index contributed by atoms with van der Waals surface area (Å²) < 4.78 is 45.0. The van der Waals surface area contributed by atoms with Gasteiger partial charge in [-0.3, -0.25) is 4.79 Å². The maximum atomic E-state index is 13.2. The monoisotopic (exact) mass is 396 g/mol. The second kappa shape index (κ2) is 8.68. The van der Waals surface area contributed by atoms with Gasteiger partial charge in [0.1, 0.15) is 5.75 Å². The summed E-state index contributed by atoms with van der Waals surface area (Å²) >= 11 is 0. The molecule has 2 atom stereocenters. The maximum absolute atomic E-state index is 13.2. The predicted octanol–water partition coefficient (Wildman–Crippen LogP) is 2.77. The highest BCUT2D eigenvalue weighted by atomic mass is 19.4. The third-order valence-electron chi connectivity index (χ3n) is 4.93. The molecule has 5 nitrogen and oxygen atoms in total. The van der Waals surface area contributed by atoms with Crippen molar-refractivity contribution in [1.29, 1.82) is 0 Å². The van der Waals surface area contributed by atoms with Crippen LogP contribution in [0.15, 0.2) is 48.2 Å². The van der Waals surface area contributed by atoms with Gasteiger partial charge in [-0.2, -0.15) is 13.2 Å². The van der Waals surface area contributed by atoms with E-state index in [0.29, 0.717) is 25.3 Å². The molecule has 28 heavy (non-hydrogen) atoms. The van der Waals surface area contributed by atoms with Gasteiger partial charge >= 0.3 is 6.18 Å².